The molecule has 0 heteroatoms. The Bertz CT molecular complexity index is 1420. The molecule has 0 nitrogen and oxygen atoms in total. The lowest BCUT2D eigenvalue weighted by Gasteiger charge is -2.16. The van der Waals surface area contributed by atoms with Gasteiger partial charge in [-0.05, 0) is 79.2 Å². The molecule has 142 valence electrons. The Morgan fingerprint density at radius 1 is 0.400 bits per heavy atom. The Morgan fingerprint density at radius 2 is 0.767 bits per heavy atom. The molecule has 0 radical (unpaired) electrons. The van der Waals surface area contributed by atoms with E-state index in [1.807, 2.05) is 0 Å². The zero-order chi connectivity index (χ0) is 19.9. The van der Waals surface area contributed by atoms with E-state index >= 15 is 0 Å². The van der Waals surface area contributed by atoms with Gasteiger partial charge >= 0.3 is 0 Å². The van der Waals surface area contributed by atoms with Gasteiger partial charge in [-0.25, -0.2) is 0 Å². The molecule has 0 spiro atoms. The van der Waals surface area contributed by atoms with E-state index in [0.717, 1.165) is 12.8 Å². The Labute approximate surface area is 176 Å². The third-order valence-corrected chi connectivity index (χ3v) is 6.31. The van der Waals surface area contributed by atoms with Gasteiger partial charge in [0.25, 0.3) is 0 Å². The number of hydrogen-bond donors (Lipinski definition) is 0. The average Bonchev–Trinajstić information content (AvgIpc) is 2.80. The van der Waals surface area contributed by atoms with E-state index in [-0.39, 0.29) is 0 Å². The van der Waals surface area contributed by atoms with Crippen LogP contribution in [0.4, 0.5) is 0 Å². The fourth-order valence-electron chi connectivity index (χ4n) is 4.74. The van der Waals surface area contributed by atoms with Gasteiger partial charge in [0.1, 0.15) is 0 Å². The minimum absolute atomic E-state index is 0.928. The summed E-state index contributed by atoms with van der Waals surface area (Å²) < 4.78 is 0. The van der Waals surface area contributed by atoms with Crippen molar-refractivity contribution in [2.24, 2.45) is 0 Å². The molecule has 0 fully saturated rings. The fourth-order valence-corrected chi connectivity index (χ4v) is 4.74. The highest BCUT2D eigenvalue weighted by atomic mass is 14.2. The van der Waals surface area contributed by atoms with Gasteiger partial charge < -0.3 is 0 Å². The number of benzene rings is 5. The van der Waals surface area contributed by atoms with Crippen LogP contribution >= 0.6 is 0 Å². The number of fused-ring (bicyclic) bond motifs is 6. The molecule has 0 atom stereocenters. The van der Waals surface area contributed by atoms with Crippen LogP contribution in [0.25, 0.3) is 44.8 Å². The van der Waals surface area contributed by atoms with Crippen molar-refractivity contribution in [3.8, 4) is 11.1 Å². The van der Waals surface area contributed by atoms with Gasteiger partial charge in [0.15, 0.2) is 0 Å². The molecule has 1 aliphatic carbocycles. The van der Waals surface area contributed by atoms with Crippen LogP contribution in [0.5, 0.6) is 0 Å². The summed E-state index contributed by atoms with van der Waals surface area (Å²) in [6.07, 6.45) is 6.62. The normalized spacial score (nSPS) is 12.9. The summed E-state index contributed by atoms with van der Waals surface area (Å²) >= 11 is 0. The third kappa shape index (κ3) is 2.93. The van der Waals surface area contributed by atoms with Gasteiger partial charge in [0, 0.05) is 0 Å². The molecular weight excluding hydrogens is 360 g/mol. The van der Waals surface area contributed by atoms with E-state index < -0.39 is 0 Å². The molecule has 6 rings (SSSR count). The summed E-state index contributed by atoms with van der Waals surface area (Å²) in [6, 6.07) is 35.7. The van der Waals surface area contributed by atoms with Crippen LogP contribution in [0.2, 0.25) is 0 Å². The molecule has 0 amide bonds. The van der Waals surface area contributed by atoms with E-state index in [1.165, 1.54) is 54.2 Å². The summed E-state index contributed by atoms with van der Waals surface area (Å²) in [5.74, 6) is 0. The van der Waals surface area contributed by atoms with E-state index in [9.17, 15) is 0 Å². The first-order valence-corrected chi connectivity index (χ1v) is 10.6. The first-order valence-electron chi connectivity index (χ1n) is 10.6. The Balaban J connectivity index is 1.73. The molecule has 0 aromatic heterocycles. The summed E-state index contributed by atoms with van der Waals surface area (Å²) in [6.45, 7) is 0. The molecular formula is C30H22. The quantitative estimate of drug-likeness (QED) is 0.307. The number of hydrogen-bond acceptors (Lipinski definition) is 0. The van der Waals surface area contributed by atoms with Crippen LogP contribution in [0.3, 0.4) is 0 Å². The molecule has 5 aromatic rings. The van der Waals surface area contributed by atoms with Crippen LogP contribution in [-0.4, -0.2) is 0 Å². The lowest BCUT2D eigenvalue weighted by molar-refractivity contribution is 1.27. The van der Waals surface area contributed by atoms with Crippen molar-refractivity contribution in [3.63, 3.8) is 0 Å². The average molecular weight is 383 g/mol. The second-order valence-electron chi connectivity index (χ2n) is 8.16. The Hall–Kier alpha value is -3.64. The molecule has 0 saturated heterocycles. The standard InChI is InChI=1S/C30H22/c1-2-8-22-14-16-28-18-24-10-4-6-12-26(24)20-30(28)29-19-25-11-5-3-9-23(25)17-27(29)15-13-21(22)7-1/h1-14,17-20H,15-16H2. The molecule has 0 heterocycles. The van der Waals surface area contributed by atoms with Crippen LogP contribution in [0, 0.1) is 0 Å². The molecule has 0 N–H and O–H groups in total. The lowest BCUT2D eigenvalue weighted by Crippen LogP contribution is -2.24. The zero-order valence-electron chi connectivity index (χ0n) is 16.8. The van der Waals surface area contributed by atoms with Gasteiger partial charge in [-0.2, -0.15) is 0 Å². The summed E-state index contributed by atoms with van der Waals surface area (Å²) in [4.78, 5) is 0. The third-order valence-electron chi connectivity index (χ3n) is 6.31. The Morgan fingerprint density at radius 3 is 1.20 bits per heavy atom. The van der Waals surface area contributed by atoms with Crippen molar-refractivity contribution in [1.82, 2.24) is 0 Å². The predicted octanol–water partition coefficient (Wildman–Crippen LogP) is 6.02. The van der Waals surface area contributed by atoms with Crippen molar-refractivity contribution in [3.05, 3.63) is 119 Å². The van der Waals surface area contributed by atoms with E-state index in [2.05, 4.69) is 109 Å². The maximum atomic E-state index is 2.39. The smallest absolute Gasteiger partial charge is 0.00819 e. The highest BCUT2D eigenvalue weighted by Gasteiger charge is 2.13. The number of rotatable bonds is 0. The molecule has 0 bridgehead atoms. The monoisotopic (exact) mass is 382 g/mol. The molecule has 0 unspecified atom stereocenters. The fraction of sp³-hybridized carbons (Fsp3) is 0.0667. The maximum absolute atomic E-state index is 2.39. The van der Waals surface area contributed by atoms with Crippen molar-refractivity contribution in [1.29, 1.82) is 0 Å². The van der Waals surface area contributed by atoms with E-state index in [4.69, 9.17) is 0 Å². The molecule has 0 aliphatic heterocycles. The van der Waals surface area contributed by atoms with Crippen molar-refractivity contribution in [2.45, 2.75) is 12.8 Å². The van der Waals surface area contributed by atoms with E-state index in [0.29, 0.717) is 0 Å². The highest BCUT2D eigenvalue weighted by molar-refractivity contribution is 5.94. The van der Waals surface area contributed by atoms with Crippen LogP contribution in [-0.2, 0) is 12.8 Å². The topological polar surface area (TPSA) is 0 Å². The van der Waals surface area contributed by atoms with Crippen molar-refractivity contribution >= 4 is 33.7 Å². The lowest BCUT2D eigenvalue weighted by atomic mass is 9.87. The first kappa shape index (κ1) is 17.2. The van der Waals surface area contributed by atoms with Gasteiger partial charge in [-0.15, -0.1) is 0 Å². The van der Waals surface area contributed by atoms with Crippen molar-refractivity contribution in [2.75, 3.05) is 0 Å². The molecule has 5 aromatic carbocycles. The van der Waals surface area contributed by atoms with Crippen LogP contribution in [0.1, 0.15) is 11.1 Å². The summed E-state index contributed by atoms with van der Waals surface area (Å²) in [7, 11) is 0. The maximum Gasteiger partial charge on any atom is -0.00819 e. The van der Waals surface area contributed by atoms with Crippen LogP contribution in [0.15, 0.2) is 97.1 Å². The minimum Gasteiger partial charge on any atom is -0.0722 e. The zero-order valence-corrected chi connectivity index (χ0v) is 16.8. The Kier molecular flexibility index (Phi) is 4.02. The second-order valence-corrected chi connectivity index (χ2v) is 8.16. The molecule has 30 heavy (non-hydrogen) atoms. The van der Waals surface area contributed by atoms with Gasteiger partial charge in [0.2, 0.25) is 0 Å². The first-order chi connectivity index (χ1) is 14.8. The largest absolute Gasteiger partial charge is 0.0722 e. The minimum atomic E-state index is 0.928. The van der Waals surface area contributed by atoms with E-state index in [1.54, 1.807) is 0 Å². The van der Waals surface area contributed by atoms with Crippen molar-refractivity contribution < 1.29 is 0 Å². The van der Waals surface area contributed by atoms with Gasteiger partial charge in [0.05, 0.1) is 0 Å². The second kappa shape index (κ2) is 7.00. The summed E-state index contributed by atoms with van der Waals surface area (Å²) in [5, 5.41) is 7.86. The van der Waals surface area contributed by atoms with Gasteiger partial charge in [-0.3, -0.25) is 0 Å². The SMILES string of the molecule is C1=c2ccccc2=CCc2cc3ccccc3cc2-c2cc3ccccc3cc2C1. The molecule has 0 saturated carbocycles. The van der Waals surface area contributed by atoms with Gasteiger partial charge in [-0.1, -0.05) is 97.1 Å². The predicted molar refractivity (Wildman–Crippen MR) is 129 cm³/mol. The molecule has 1 aliphatic rings. The van der Waals surface area contributed by atoms with Crippen LogP contribution < -0.4 is 10.4 Å². The summed E-state index contributed by atoms with van der Waals surface area (Å²) in [5.41, 5.74) is 5.50. The highest BCUT2D eigenvalue weighted by Crippen LogP contribution is 2.35.